The Balaban J connectivity index is 0. The molecule has 0 radical (unpaired) electrons. The first-order valence-electron chi connectivity index (χ1n) is 4.38. The summed E-state index contributed by atoms with van der Waals surface area (Å²) >= 11 is 0. The van der Waals surface area contributed by atoms with Crippen LogP contribution in [0.25, 0.3) is 0 Å². The standard InChI is InChI=1S/C10H16O.C2H4/c1-5-6-8(2)7-9(3)10(4)11;1-2/h5-6,9H,2,7H2,1,3-4H3;1-2H2/b6-5-;. The summed E-state index contributed by atoms with van der Waals surface area (Å²) < 4.78 is 0. The number of carbonyl (C=O) groups excluding carboxylic acids is 1. The van der Waals surface area contributed by atoms with Crippen LogP contribution in [0.4, 0.5) is 0 Å². The van der Waals surface area contributed by atoms with Crippen LogP contribution < -0.4 is 0 Å². The topological polar surface area (TPSA) is 17.1 Å². The van der Waals surface area contributed by atoms with Crippen molar-refractivity contribution >= 4 is 5.78 Å². The number of hydrogen-bond acceptors (Lipinski definition) is 1. The highest BCUT2D eigenvalue weighted by Crippen LogP contribution is 2.11. The fourth-order valence-corrected chi connectivity index (χ4v) is 0.841. The van der Waals surface area contributed by atoms with Gasteiger partial charge in [0.25, 0.3) is 0 Å². The van der Waals surface area contributed by atoms with Crippen molar-refractivity contribution in [3.05, 3.63) is 37.5 Å². The maximum Gasteiger partial charge on any atom is 0.132 e. The van der Waals surface area contributed by atoms with Crippen LogP contribution in [0.1, 0.15) is 27.2 Å². The molecule has 0 heterocycles. The summed E-state index contributed by atoms with van der Waals surface area (Å²) in [6.45, 7) is 15.3. The van der Waals surface area contributed by atoms with E-state index in [1.54, 1.807) is 6.92 Å². The highest BCUT2D eigenvalue weighted by atomic mass is 16.1. The molecule has 13 heavy (non-hydrogen) atoms. The zero-order valence-electron chi connectivity index (χ0n) is 8.97. The third-order valence-electron chi connectivity index (χ3n) is 1.66. The Bertz CT molecular complexity index is 189. The van der Waals surface area contributed by atoms with Crippen LogP contribution in [0.5, 0.6) is 0 Å². The molecule has 1 nitrogen and oxygen atoms in total. The first-order valence-corrected chi connectivity index (χ1v) is 4.38. The second-order valence-electron chi connectivity index (χ2n) is 2.87. The molecule has 74 valence electrons. The Hall–Kier alpha value is -1.11. The molecular weight excluding hydrogens is 160 g/mol. The van der Waals surface area contributed by atoms with Gasteiger partial charge in [-0.2, -0.15) is 0 Å². The molecule has 0 bridgehead atoms. The summed E-state index contributed by atoms with van der Waals surface area (Å²) in [4.78, 5) is 10.8. The Morgan fingerprint density at radius 3 is 2.23 bits per heavy atom. The molecule has 0 N–H and O–H groups in total. The summed E-state index contributed by atoms with van der Waals surface area (Å²) in [7, 11) is 0. The van der Waals surface area contributed by atoms with Gasteiger partial charge in [-0.25, -0.2) is 0 Å². The average Bonchev–Trinajstić information content (AvgIpc) is 2.08. The van der Waals surface area contributed by atoms with Gasteiger partial charge < -0.3 is 0 Å². The molecule has 0 amide bonds. The van der Waals surface area contributed by atoms with Crippen LogP contribution in [0.2, 0.25) is 0 Å². The van der Waals surface area contributed by atoms with E-state index >= 15 is 0 Å². The number of hydrogen-bond donors (Lipinski definition) is 0. The number of allylic oxidation sites excluding steroid dienone is 3. The van der Waals surface area contributed by atoms with Gasteiger partial charge in [-0.05, 0) is 20.3 Å². The first kappa shape index (κ1) is 14.4. The lowest BCUT2D eigenvalue weighted by atomic mass is 9.99. The zero-order chi connectivity index (χ0) is 10.9. The van der Waals surface area contributed by atoms with Crippen LogP contribution in [0.15, 0.2) is 37.5 Å². The SMILES string of the molecule is C=C.C=C(/C=C\C)CC(C)C(C)=O. The maximum atomic E-state index is 10.8. The third-order valence-corrected chi connectivity index (χ3v) is 1.66. The molecule has 1 atom stereocenters. The van der Waals surface area contributed by atoms with Crippen molar-refractivity contribution in [2.75, 3.05) is 0 Å². The highest BCUT2D eigenvalue weighted by molar-refractivity contribution is 5.78. The van der Waals surface area contributed by atoms with Gasteiger partial charge in [0, 0.05) is 5.92 Å². The van der Waals surface area contributed by atoms with Crippen molar-refractivity contribution in [2.24, 2.45) is 5.92 Å². The molecule has 0 aliphatic carbocycles. The Morgan fingerprint density at radius 2 is 1.92 bits per heavy atom. The summed E-state index contributed by atoms with van der Waals surface area (Å²) in [5, 5.41) is 0. The molecule has 1 heteroatoms. The van der Waals surface area contributed by atoms with Crippen molar-refractivity contribution in [3.63, 3.8) is 0 Å². The van der Waals surface area contributed by atoms with E-state index in [1.165, 1.54) is 0 Å². The lowest BCUT2D eigenvalue weighted by Gasteiger charge is -2.05. The predicted molar refractivity (Wildman–Crippen MR) is 59.7 cm³/mol. The zero-order valence-corrected chi connectivity index (χ0v) is 8.97. The van der Waals surface area contributed by atoms with Gasteiger partial charge in [0.1, 0.15) is 5.78 Å². The van der Waals surface area contributed by atoms with E-state index in [-0.39, 0.29) is 11.7 Å². The average molecular weight is 180 g/mol. The molecule has 1 unspecified atom stereocenters. The minimum Gasteiger partial charge on any atom is -0.300 e. The van der Waals surface area contributed by atoms with Crippen LogP contribution in [0, 0.1) is 5.92 Å². The molecule has 0 saturated carbocycles. The molecule has 0 saturated heterocycles. The van der Waals surface area contributed by atoms with E-state index in [1.807, 2.05) is 26.0 Å². The summed E-state index contributed by atoms with van der Waals surface area (Å²) in [6.07, 6.45) is 4.66. The largest absolute Gasteiger partial charge is 0.300 e. The Morgan fingerprint density at radius 1 is 1.46 bits per heavy atom. The second kappa shape index (κ2) is 8.98. The van der Waals surface area contributed by atoms with E-state index in [4.69, 9.17) is 0 Å². The van der Waals surface area contributed by atoms with E-state index in [9.17, 15) is 4.79 Å². The molecule has 0 spiro atoms. The molecule has 0 aliphatic heterocycles. The van der Waals surface area contributed by atoms with Gasteiger partial charge in [-0.1, -0.05) is 31.2 Å². The molecule has 0 aromatic carbocycles. The van der Waals surface area contributed by atoms with Gasteiger partial charge >= 0.3 is 0 Å². The highest BCUT2D eigenvalue weighted by Gasteiger charge is 2.06. The van der Waals surface area contributed by atoms with Crippen LogP contribution in [0.3, 0.4) is 0 Å². The molecule has 0 aromatic heterocycles. The minimum atomic E-state index is 0.110. The molecule has 0 rings (SSSR count). The summed E-state index contributed by atoms with van der Waals surface area (Å²) in [5.41, 5.74) is 1.02. The van der Waals surface area contributed by atoms with Crippen molar-refractivity contribution in [2.45, 2.75) is 27.2 Å². The smallest absolute Gasteiger partial charge is 0.132 e. The normalized spacial score (nSPS) is 11.6. The van der Waals surface area contributed by atoms with Crippen LogP contribution >= 0.6 is 0 Å². The second-order valence-corrected chi connectivity index (χ2v) is 2.87. The Labute approximate surface area is 81.9 Å². The monoisotopic (exact) mass is 180 g/mol. The van der Waals surface area contributed by atoms with E-state index in [0.29, 0.717) is 0 Å². The fraction of sp³-hybridized carbons (Fsp3) is 0.417. The molecule has 0 fully saturated rings. The van der Waals surface area contributed by atoms with Gasteiger partial charge in [0.15, 0.2) is 0 Å². The summed E-state index contributed by atoms with van der Waals surface area (Å²) in [5.74, 6) is 0.342. The summed E-state index contributed by atoms with van der Waals surface area (Å²) in [6, 6.07) is 0. The van der Waals surface area contributed by atoms with Crippen molar-refractivity contribution in [1.82, 2.24) is 0 Å². The number of rotatable bonds is 4. The minimum absolute atomic E-state index is 0.110. The van der Waals surface area contributed by atoms with Crippen LogP contribution in [-0.4, -0.2) is 5.78 Å². The number of ketones is 1. The van der Waals surface area contributed by atoms with Crippen molar-refractivity contribution < 1.29 is 4.79 Å². The molecule has 0 aliphatic rings. The molecule has 0 aromatic rings. The van der Waals surface area contributed by atoms with Gasteiger partial charge in [0.05, 0.1) is 0 Å². The lowest BCUT2D eigenvalue weighted by molar-refractivity contribution is -0.120. The van der Waals surface area contributed by atoms with E-state index < -0.39 is 0 Å². The van der Waals surface area contributed by atoms with Crippen molar-refractivity contribution in [1.29, 1.82) is 0 Å². The van der Waals surface area contributed by atoms with Crippen LogP contribution in [-0.2, 0) is 4.79 Å². The quantitative estimate of drug-likeness (QED) is 0.477. The molecular formula is C12H20O. The lowest BCUT2D eigenvalue weighted by Crippen LogP contribution is -2.05. The van der Waals surface area contributed by atoms with E-state index in [0.717, 1.165) is 12.0 Å². The number of Topliss-reactive ketones (excluding diaryl/α,β-unsaturated/α-hetero) is 1. The maximum absolute atomic E-state index is 10.8. The third kappa shape index (κ3) is 8.80. The first-order chi connectivity index (χ1) is 6.07. The predicted octanol–water partition coefficient (Wildman–Crippen LogP) is 3.54. The number of carbonyl (C=O) groups is 1. The van der Waals surface area contributed by atoms with Gasteiger partial charge in [-0.3, -0.25) is 4.79 Å². The fourth-order valence-electron chi connectivity index (χ4n) is 0.841. The van der Waals surface area contributed by atoms with Crippen molar-refractivity contribution in [3.8, 4) is 0 Å². The van der Waals surface area contributed by atoms with Gasteiger partial charge in [-0.15, -0.1) is 13.2 Å². The Kier molecular flexibility index (Phi) is 9.96. The van der Waals surface area contributed by atoms with E-state index in [2.05, 4.69) is 19.7 Å². The van der Waals surface area contributed by atoms with Gasteiger partial charge in [0.2, 0.25) is 0 Å².